The van der Waals surface area contributed by atoms with Crippen LogP contribution in [0.1, 0.15) is 39.0 Å². The SMILES string of the molecule is CNC1C(=O)N(C2C=CCCC2)CCCC1C. The molecule has 0 bridgehead atoms. The topological polar surface area (TPSA) is 32.3 Å². The van der Waals surface area contributed by atoms with E-state index in [1.165, 1.54) is 12.8 Å². The van der Waals surface area contributed by atoms with E-state index in [-0.39, 0.29) is 6.04 Å². The van der Waals surface area contributed by atoms with E-state index in [9.17, 15) is 4.79 Å². The van der Waals surface area contributed by atoms with Crippen LogP contribution < -0.4 is 5.32 Å². The highest BCUT2D eigenvalue weighted by Crippen LogP contribution is 2.24. The lowest BCUT2D eigenvalue weighted by atomic mass is 9.97. The molecule has 0 aromatic heterocycles. The molecule has 1 saturated heterocycles. The number of rotatable bonds is 2. The molecule has 1 fully saturated rings. The Labute approximate surface area is 104 Å². The summed E-state index contributed by atoms with van der Waals surface area (Å²) in [5.74, 6) is 0.749. The van der Waals surface area contributed by atoms with Crippen molar-refractivity contribution < 1.29 is 4.79 Å². The fraction of sp³-hybridized carbons (Fsp3) is 0.786. The molecule has 2 aliphatic rings. The molecule has 0 aromatic carbocycles. The average molecular weight is 236 g/mol. The van der Waals surface area contributed by atoms with E-state index in [4.69, 9.17) is 0 Å². The Kier molecular flexibility index (Phi) is 4.21. The number of carbonyl (C=O) groups excluding carboxylic acids is 1. The lowest BCUT2D eigenvalue weighted by Gasteiger charge is -2.33. The predicted octanol–water partition coefficient (Wildman–Crippen LogP) is 1.94. The van der Waals surface area contributed by atoms with Gasteiger partial charge in [0, 0.05) is 6.54 Å². The Morgan fingerprint density at radius 3 is 2.82 bits per heavy atom. The predicted molar refractivity (Wildman–Crippen MR) is 69.7 cm³/mol. The molecule has 1 amide bonds. The van der Waals surface area contributed by atoms with Gasteiger partial charge in [-0.1, -0.05) is 19.1 Å². The van der Waals surface area contributed by atoms with E-state index in [1.807, 2.05) is 7.05 Å². The van der Waals surface area contributed by atoms with E-state index in [1.54, 1.807) is 0 Å². The maximum atomic E-state index is 12.5. The number of likely N-dealkylation sites (tertiary alicyclic amines) is 1. The summed E-state index contributed by atoms with van der Waals surface area (Å²) in [5, 5.41) is 3.20. The van der Waals surface area contributed by atoms with Crippen molar-refractivity contribution in [3.8, 4) is 0 Å². The molecule has 2 rings (SSSR count). The molecule has 3 unspecified atom stereocenters. The van der Waals surface area contributed by atoms with Crippen molar-refractivity contribution in [1.82, 2.24) is 10.2 Å². The summed E-state index contributed by atoms with van der Waals surface area (Å²) < 4.78 is 0. The van der Waals surface area contributed by atoms with Crippen molar-refractivity contribution in [2.45, 2.75) is 51.1 Å². The van der Waals surface area contributed by atoms with Crippen molar-refractivity contribution in [1.29, 1.82) is 0 Å². The first-order chi connectivity index (χ1) is 8.24. The molecule has 0 saturated carbocycles. The molecule has 0 aromatic rings. The number of likely N-dealkylation sites (N-methyl/N-ethyl adjacent to an activating group) is 1. The van der Waals surface area contributed by atoms with Crippen molar-refractivity contribution in [2.75, 3.05) is 13.6 Å². The van der Waals surface area contributed by atoms with E-state index in [0.29, 0.717) is 17.9 Å². The number of nitrogens with one attached hydrogen (secondary N) is 1. The van der Waals surface area contributed by atoms with Gasteiger partial charge in [0.25, 0.3) is 0 Å². The summed E-state index contributed by atoms with van der Waals surface area (Å²) in [7, 11) is 1.90. The van der Waals surface area contributed by atoms with Gasteiger partial charge >= 0.3 is 0 Å². The first-order valence-electron chi connectivity index (χ1n) is 6.88. The minimum atomic E-state index is 0.00725. The van der Waals surface area contributed by atoms with Crippen molar-refractivity contribution in [3.63, 3.8) is 0 Å². The molecule has 96 valence electrons. The van der Waals surface area contributed by atoms with Crippen LogP contribution in [0, 0.1) is 5.92 Å². The van der Waals surface area contributed by atoms with Crippen LogP contribution in [0.25, 0.3) is 0 Å². The van der Waals surface area contributed by atoms with Crippen LogP contribution in [0.4, 0.5) is 0 Å². The molecule has 0 spiro atoms. The molecule has 17 heavy (non-hydrogen) atoms. The molecule has 3 heteroatoms. The van der Waals surface area contributed by atoms with Crippen LogP contribution in [-0.4, -0.2) is 36.5 Å². The number of allylic oxidation sites excluding steroid dienone is 1. The van der Waals surface area contributed by atoms with Crippen molar-refractivity contribution >= 4 is 5.91 Å². The lowest BCUT2D eigenvalue weighted by Crippen LogP contribution is -2.50. The van der Waals surface area contributed by atoms with Gasteiger partial charge in [-0.15, -0.1) is 0 Å². The molecule has 3 nitrogen and oxygen atoms in total. The smallest absolute Gasteiger partial charge is 0.240 e. The molecule has 1 aliphatic carbocycles. The zero-order valence-corrected chi connectivity index (χ0v) is 11.0. The summed E-state index contributed by atoms with van der Waals surface area (Å²) >= 11 is 0. The van der Waals surface area contributed by atoms with Crippen molar-refractivity contribution in [2.24, 2.45) is 5.92 Å². The standard InChI is InChI=1S/C14H24N2O/c1-11-7-6-10-16(14(17)13(11)15-2)12-8-4-3-5-9-12/h4,8,11-13,15H,3,5-7,9-10H2,1-2H3. The first-order valence-corrected chi connectivity index (χ1v) is 6.88. The van der Waals surface area contributed by atoms with Crippen LogP contribution in [0.3, 0.4) is 0 Å². The number of amides is 1. The zero-order chi connectivity index (χ0) is 12.3. The monoisotopic (exact) mass is 236 g/mol. The summed E-state index contributed by atoms with van der Waals surface area (Å²) in [6.45, 7) is 3.11. The van der Waals surface area contributed by atoms with Crippen LogP contribution in [-0.2, 0) is 4.79 Å². The molecule has 3 atom stereocenters. The maximum Gasteiger partial charge on any atom is 0.240 e. The molecular formula is C14H24N2O. The second-order valence-electron chi connectivity index (χ2n) is 5.34. The Balaban J connectivity index is 2.12. The van der Waals surface area contributed by atoms with E-state index >= 15 is 0 Å². The third-order valence-corrected chi connectivity index (χ3v) is 4.12. The number of hydrogen-bond acceptors (Lipinski definition) is 2. The van der Waals surface area contributed by atoms with Crippen LogP contribution in [0.2, 0.25) is 0 Å². The summed E-state index contributed by atoms with van der Waals surface area (Å²) in [4.78, 5) is 14.6. The highest BCUT2D eigenvalue weighted by atomic mass is 16.2. The summed E-state index contributed by atoms with van der Waals surface area (Å²) in [5.41, 5.74) is 0. The zero-order valence-electron chi connectivity index (χ0n) is 11.0. The first kappa shape index (κ1) is 12.6. The van der Waals surface area contributed by atoms with Crippen molar-refractivity contribution in [3.05, 3.63) is 12.2 Å². The maximum absolute atomic E-state index is 12.5. The molecule has 1 heterocycles. The highest BCUT2D eigenvalue weighted by Gasteiger charge is 2.33. The van der Waals surface area contributed by atoms with Gasteiger partial charge in [-0.2, -0.15) is 0 Å². The Morgan fingerprint density at radius 2 is 2.18 bits per heavy atom. The minimum Gasteiger partial charge on any atom is -0.335 e. The molecule has 1 aliphatic heterocycles. The second-order valence-corrected chi connectivity index (χ2v) is 5.34. The van der Waals surface area contributed by atoms with Gasteiger partial charge in [0.2, 0.25) is 5.91 Å². The number of carbonyl (C=O) groups is 1. The third-order valence-electron chi connectivity index (χ3n) is 4.12. The minimum absolute atomic E-state index is 0.00725. The highest BCUT2D eigenvalue weighted by molar-refractivity contribution is 5.83. The largest absolute Gasteiger partial charge is 0.335 e. The fourth-order valence-electron chi connectivity index (χ4n) is 3.07. The number of hydrogen-bond donors (Lipinski definition) is 1. The molecule has 0 radical (unpaired) electrons. The van der Waals surface area contributed by atoms with Gasteiger partial charge in [0.1, 0.15) is 0 Å². The molecular weight excluding hydrogens is 212 g/mol. The van der Waals surface area contributed by atoms with Gasteiger partial charge < -0.3 is 10.2 Å². The van der Waals surface area contributed by atoms with Crippen LogP contribution >= 0.6 is 0 Å². The Hall–Kier alpha value is -0.830. The van der Waals surface area contributed by atoms with E-state index < -0.39 is 0 Å². The van der Waals surface area contributed by atoms with E-state index in [2.05, 4.69) is 29.3 Å². The second kappa shape index (κ2) is 5.67. The quantitative estimate of drug-likeness (QED) is 0.743. The molecule has 1 N–H and O–H groups in total. The average Bonchev–Trinajstić information content (AvgIpc) is 2.49. The van der Waals surface area contributed by atoms with Gasteiger partial charge in [0.05, 0.1) is 12.1 Å². The Morgan fingerprint density at radius 1 is 1.35 bits per heavy atom. The van der Waals surface area contributed by atoms with E-state index in [0.717, 1.165) is 25.8 Å². The Bertz CT molecular complexity index is 301. The third kappa shape index (κ3) is 2.71. The van der Waals surface area contributed by atoms with Crippen LogP contribution in [0.15, 0.2) is 12.2 Å². The van der Waals surface area contributed by atoms with Gasteiger partial charge in [-0.3, -0.25) is 4.79 Å². The van der Waals surface area contributed by atoms with Gasteiger partial charge in [0.15, 0.2) is 0 Å². The summed E-state index contributed by atoms with van der Waals surface area (Å²) in [6, 6.07) is 0.352. The van der Waals surface area contributed by atoms with Gasteiger partial charge in [-0.25, -0.2) is 0 Å². The normalized spacial score (nSPS) is 34.8. The van der Waals surface area contributed by atoms with Gasteiger partial charge in [-0.05, 0) is 45.1 Å². The summed E-state index contributed by atoms with van der Waals surface area (Å²) in [6.07, 6.45) is 10.2. The fourth-order valence-corrected chi connectivity index (χ4v) is 3.07. The van der Waals surface area contributed by atoms with Crippen LogP contribution in [0.5, 0.6) is 0 Å². The lowest BCUT2D eigenvalue weighted by molar-refractivity contribution is -0.135. The number of nitrogens with zero attached hydrogens (tertiary/aromatic N) is 1.